The van der Waals surface area contributed by atoms with Crippen LogP contribution in [0.25, 0.3) is 117 Å². The van der Waals surface area contributed by atoms with Crippen LogP contribution in [0, 0.1) is 0 Å². The average Bonchev–Trinajstić information content (AvgIpc) is 1.59. The molecule has 0 spiro atoms. The number of hydrogen-bond acceptors (Lipinski definition) is 3. The molecule has 0 unspecified atom stereocenters. The lowest BCUT2D eigenvalue weighted by Crippen LogP contribution is -2.17. The molecule has 0 aliphatic carbocycles. The van der Waals surface area contributed by atoms with Gasteiger partial charge in [0.2, 0.25) is 0 Å². The zero-order valence-electron chi connectivity index (χ0n) is 53.6. The van der Waals surface area contributed by atoms with Crippen LogP contribution in [0.1, 0.15) is 154 Å². The summed E-state index contributed by atoms with van der Waals surface area (Å²) in [5.74, 6) is 2.70. The van der Waals surface area contributed by atoms with Crippen molar-refractivity contribution in [2.24, 2.45) is 0 Å². The predicted octanol–water partition coefficient (Wildman–Crippen LogP) is 22.6. The Morgan fingerprint density at radius 1 is 0.364 bits per heavy atom. The molecule has 0 saturated heterocycles. The summed E-state index contributed by atoms with van der Waals surface area (Å²) in [5, 5.41) is 15.1. The van der Waals surface area contributed by atoms with Crippen LogP contribution in [0.5, 0.6) is 5.75 Å². The minimum atomic E-state index is -0.341. The fourth-order valence-electron chi connectivity index (χ4n) is 13.7. The van der Waals surface area contributed by atoms with Crippen LogP contribution in [0.4, 0.5) is 0 Å². The third kappa shape index (κ3) is 9.73. The second-order valence-corrected chi connectivity index (χ2v) is 27.5. The molecule has 0 amide bonds. The number of aromatic nitrogens is 5. The normalized spacial score (nSPS) is 12.4. The quantitative estimate of drug-likeness (QED) is 0.133. The van der Waals surface area contributed by atoms with Crippen LogP contribution in [0.2, 0.25) is 0 Å². The topological polar surface area (TPSA) is 60.8 Å². The molecule has 0 radical (unpaired) electrons. The summed E-state index contributed by atoms with van der Waals surface area (Å²) < 4.78 is 7.42. The second kappa shape index (κ2) is 22.2. The Morgan fingerprint density at radius 2 is 0.852 bits per heavy atom. The van der Waals surface area contributed by atoms with Crippen LogP contribution in [0.15, 0.2) is 206 Å². The Hall–Kier alpha value is -9.26. The molecule has 88 heavy (non-hydrogen) atoms. The number of hydrogen-bond donors (Lipinski definition) is 1. The number of benzene rings is 10. The van der Waals surface area contributed by atoms with Gasteiger partial charge in [-0.3, -0.25) is 9.13 Å². The summed E-state index contributed by atoms with van der Waals surface area (Å²) in [4.78, 5) is 11.7. The fraction of sp³-hybridized carbons (Fsp3) is 0.244. The highest BCUT2D eigenvalue weighted by Gasteiger charge is 2.32. The van der Waals surface area contributed by atoms with E-state index in [9.17, 15) is 5.11 Å². The van der Waals surface area contributed by atoms with Gasteiger partial charge in [-0.05, 0) is 115 Å². The number of aromatic hydroxyl groups is 1. The summed E-state index contributed by atoms with van der Waals surface area (Å²) in [6.45, 7) is 31.7. The minimum absolute atomic E-state index is 0.200. The molecular weight excluding hydrogens is 1070 g/mol. The monoisotopic (exact) mass is 1150 g/mol. The Labute approximate surface area is 519 Å². The lowest BCUT2D eigenvalue weighted by atomic mass is 9.79. The molecule has 13 aromatic rings. The van der Waals surface area contributed by atoms with Crippen LogP contribution >= 0.6 is 0 Å². The van der Waals surface area contributed by atoms with Gasteiger partial charge in [0.15, 0.2) is 0 Å². The molecule has 10 aromatic carbocycles. The smallest absolute Gasteiger partial charge is 0.149 e. The highest BCUT2D eigenvalue weighted by atomic mass is 16.3. The van der Waals surface area contributed by atoms with Crippen LogP contribution < -0.4 is 0 Å². The van der Waals surface area contributed by atoms with Gasteiger partial charge < -0.3 is 9.67 Å². The van der Waals surface area contributed by atoms with Gasteiger partial charge in [0, 0.05) is 38.6 Å². The number of rotatable bonds is 12. The molecule has 0 atom stereocenters. The molecule has 1 N–H and O–H groups in total. The first kappa shape index (κ1) is 57.8. The summed E-state index contributed by atoms with van der Waals surface area (Å²) in [6.07, 6.45) is 0. The van der Waals surface area contributed by atoms with Crippen molar-refractivity contribution in [3.8, 4) is 79.0 Å². The third-order valence-electron chi connectivity index (χ3n) is 18.2. The van der Waals surface area contributed by atoms with E-state index >= 15 is 0 Å². The first-order valence-corrected chi connectivity index (χ1v) is 31.7. The van der Waals surface area contributed by atoms with Gasteiger partial charge in [0.25, 0.3) is 0 Å². The van der Waals surface area contributed by atoms with E-state index in [1.807, 2.05) is 0 Å². The third-order valence-corrected chi connectivity index (χ3v) is 18.2. The van der Waals surface area contributed by atoms with Crippen molar-refractivity contribution in [3.63, 3.8) is 0 Å². The lowest BCUT2D eigenvalue weighted by Gasteiger charge is -2.28. The van der Waals surface area contributed by atoms with Crippen molar-refractivity contribution in [1.29, 1.82) is 0 Å². The fourth-order valence-corrected chi connectivity index (χ4v) is 13.7. The molecule has 6 nitrogen and oxygen atoms in total. The van der Waals surface area contributed by atoms with E-state index in [0.29, 0.717) is 0 Å². The Morgan fingerprint density at radius 3 is 1.42 bits per heavy atom. The Bertz CT molecular complexity index is 4710. The van der Waals surface area contributed by atoms with Gasteiger partial charge in [-0.25, -0.2) is 9.97 Å². The highest BCUT2D eigenvalue weighted by molar-refractivity contribution is 6.21. The number of phenols is 1. The van der Waals surface area contributed by atoms with Crippen LogP contribution in [0.3, 0.4) is 0 Å². The van der Waals surface area contributed by atoms with E-state index in [1.54, 1.807) is 0 Å². The van der Waals surface area contributed by atoms with Crippen molar-refractivity contribution < 1.29 is 5.11 Å². The Kier molecular flexibility index (Phi) is 14.6. The first-order chi connectivity index (χ1) is 42.2. The van der Waals surface area contributed by atoms with Gasteiger partial charge in [-0.2, -0.15) is 0 Å². The Balaban J connectivity index is 1.12. The molecule has 3 aromatic heterocycles. The van der Waals surface area contributed by atoms with E-state index in [2.05, 4.69) is 317 Å². The zero-order chi connectivity index (χ0) is 61.7. The highest BCUT2D eigenvalue weighted by Crippen LogP contribution is 2.49. The van der Waals surface area contributed by atoms with Gasteiger partial charge in [-0.1, -0.05) is 267 Å². The predicted molar refractivity (Wildman–Crippen MR) is 373 cm³/mol. The molecule has 6 heteroatoms. The number of fused-ring (bicyclic) bond motifs is 6. The summed E-state index contributed by atoms with van der Waals surface area (Å²) in [5.41, 5.74) is 24.4. The van der Waals surface area contributed by atoms with Crippen molar-refractivity contribution in [2.75, 3.05) is 0 Å². The molecule has 0 fully saturated rings. The molecule has 0 aliphatic heterocycles. The molecule has 13 rings (SSSR count). The van der Waals surface area contributed by atoms with E-state index in [0.717, 1.165) is 123 Å². The maximum Gasteiger partial charge on any atom is 0.149 e. The lowest BCUT2D eigenvalue weighted by molar-refractivity contribution is 0.446. The van der Waals surface area contributed by atoms with E-state index in [-0.39, 0.29) is 40.3 Å². The van der Waals surface area contributed by atoms with E-state index in [1.165, 1.54) is 27.9 Å². The molecule has 440 valence electrons. The van der Waals surface area contributed by atoms with Gasteiger partial charge in [-0.15, -0.1) is 0 Å². The second-order valence-electron chi connectivity index (χ2n) is 27.5. The molecule has 0 bridgehead atoms. The zero-order valence-corrected chi connectivity index (χ0v) is 53.6. The molecule has 0 aliphatic rings. The van der Waals surface area contributed by atoms with Gasteiger partial charge in [0.1, 0.15) is 17.4 Å². The van der Waals surface area contributed by atoms with E-state index < -0.39 is 0 Å². The SMILES string of the molecule is CC(C)c1cccc(C(C)C)c1-n1c(-c2cc(C(C)(C)C)cc(C(C)(C)C)c2O)nc2c(-c3cccc(-c4nc5ccc6c(c7ccccc7n6-c6c(-c7ccccc7)cccc6-c6ccccc6)c5n4-c4c(C(C)C)cccc4C(C)C)c3)cccc21. The number of nitrogens with zero attached hydrogens (tertiary/aromatic N) is 5. The van der Waals surface area contributed by atoms with Crippen molar-refractivity contribution in [1.82, 2.24) is 23.7 Å². The van der Waals surface area contributed by atoms with Crippen LogP contribution in [-0.4, -0.2) is 28.8 Å². The number of imidazole rings is 2. The first-order valence-electron chi connectivity index (χ1n) is 31.7. The maximum atomic E-state index is 12.8. The standard InChI is InChI=1S/C82H81N5O/c1-49(2)58-35-24-36-59(50(3)4)74(58)86-71-43-27-39-62(73(71)84-80(86)66-47-57(81(9,10)11)48-67(78(66)88)82(12,13)14)55-32-23-33-56(46-55)79-83-68-44-45-70-72(77(68)87(79)75-60(51(5)6)37-25-38-61(75)52(7)8)65-34-21-22-42-69(65)85(70)76-63(53-28-17-15-18-29-53)40-26-41-64(76)54-30-19-16-20-31-54/h15-52,88H,1-14H3. The van der Waals surface area contributed by atoms with Crippen molar-refractivity contribution in [2.45, 2.75) is 131 Å². The van der Waals surface area contributed by atoms with Crippen molar-refractivity contribution >= 4 is 43.9 Å². The van der Waals surface area contributed by atoms with Gasteiger partial charge >= 0.3 is 0 Å². The average molecular weight is 1150 g/mol. The number of para-hydroxylation sites is 5. The largest absolute Gasteiger partial charge is 0.507 e. The maximum absolute atomic E-state index is 12.8. The van der Waals surface area contributed by atoms with Crippen molar-refractivity contribution in [3.05, 3.63) is 240 Å². The molecule has 0 saturated carbocycles. The number of phenolic OH excluding ortho intramolecular Hbond substituents is 1. The summed E-state index contributed by atoms with van der Waals surface area (Å²) in [6, 6.07) is 75.5. The minimum Gasteiger partial charge on any atom is -0.507 e. The molecular formula is C82H81N5O. The molecule has 3 heterocycles. The van der Waals surface area contributed by atoms with E-state index in [4.69, 9.17) is 9.97 Å². The van der Waals surface area contributed by atoms with Crippen LogP contribution in [-0.2, 0) is 10.8 Å². The summed E-state index contributed by atoms with van der Waals surface area (Å²) >= 11 is 0. The van der Waals surface area contributed by atoms with Gasteiger partial charge in [0.05, 0.1) is 55.7 Å². The summed E-state index contributed by atoms with van der Waals surface area (Å²) in [7, 11) is 0.